The molecule has 1 aromatic carbocycles. The summed E-state index contributed by atoms with van der Waals surface area (Å²) >= 11 is 3.30. The van der Waals surface area contributed by atoms with Crippen LogP contribution in [0.1, 0.15) is 19.4 Å². The first-order chi connectivity index (χ1) is 8.73. The molecular formula is C13H18BrF3N2. The average molecular weight is 339 g/mol. The summed E-state index contributed by atoms with van der Waals surface area (Å²) in [5.41, 5.74) is 7.17. The van der Waals surface area contributed by atoms with Crippen molar-refractivity contribution in [3.05, 3.63) is 28.2 Å². The highest BCUT2D eigenvalue weighted by atomic mass is 79.9. The van der Waals surface area contributed by atoms with Crippen LogP contribution < -0.4 is 10.6 Å². The van der Waals surface area contributed by atoms with E-state index in [2.05, 4.69) is 15.9 Å². The summed E-state index contributed by atoms with van der Waals surface area (Å²) in [7, 11) is 0. The van der Waals surface area contributed by atoms with Gasteiger partial charge in [-0.3, -0.25) is 0 Å². The Morgan fingerprint density at radius 3 is 2.47 bits per heavy atom. The van der Waals surface area contributed by atoms with Gasteiger partial charge in [0.2, 0.25) is 0 Å². The number of alkyl halides is 3. The molecule has 0 aliphatic heterocycles. The van der Waals surface area contributed by atoms with E-state index >= 15 is 0 Å². The molecule has 1 rings (SSSR count). The minimum Gasteiger partial charge on any atom is -0.363 e. The highest BCUT2D eigenvalue weighted by Crippen LogP contribution is 2.29. The summed E-state index contributed by atoms with van der Waals surface area (Å²) in [6, 6.07) is 5.27. The Balaban J connectivity index is 3.09. The first kappa shape index (κ1) is 16.3. The van der Waals surface area contributed by atoms with Crippen molar-refractivity contribution in [1.82, 2.24) is 0 Å². The standard InChI is InChI=1S/C13H18BrF3N2/c1-3-19(8-13(15,16)17)12-7-11(14)5-4-10(12)6-9(2)18/h4-5,7,9H,3,6,8,18H2,1-2H3. The fourth-order valence-electron chi connectivity index (χ4n) is 1.93. The molecule has 1 atom stereocenters. The fourth-order valence-corrected chi connectivity index (χ4v) is 2.28. The van der Waals surface area contributed by atoms with Crippen molar-refractivity contribution < 1.29 is 13.2 Å². The molecule has 1 aromatic rings. The molecular weight excluding hydrogens is 321 g/mol. The van der Waals surface area contributed by atoms with Crippen LogP contribution >= 0.6 is 15.9 Å². The van der Waals surface area contributed by atoms with Crippen LogP contribution in [0.4, 0.5) is 18.9 Å². The van der Waals surface area contributed by atoms with Crippen molar-refractivity contribution in [2.45, 2.75) is 32.5 Å². The molecule has 0 aliphatic carbocycles. The van der Waals surface area contributed by atoms with E-state index in [0.717, 1.165) is 10.0 Å². The van der Waals surface area contributed by atoms with Crippen molar-refractivity contribution in [1.29, 1.82) is 0 Å². The van der Waals surface area contributed by atoms with Crippen molar-refractivity contribution >= 4 is 21.6 Å². The van der Waals surface area contributed by atoms with Crippen LogP contribution in [0.25, 0.3) is 0 Å². The summed E-state index contributed by atoms with van der Waals surface area (Å²) < 4.78 is 38.5. The summed E-state index contributed by atoms with van der Waals surface area (Å²) in [5, 5.41) is 0. The van der Waals surface area contributed by atoms with Gasteiger partial charge in [-0.2, -0.15) is 13.2 Å². The average Bonchev–Trinajstić information content (AvgIpc) is 2.26. The molecule has 0 fully saturated rings. The Hall–Kier alpha value is -0.750. The van der Waals surface area contributed by atoms with E-state index in [-0.39, 0.29) is 6.04 Å². The molecule has 19 heavy (non-hydrogen) atoms. The largest absolute Gasteiger partial charge is 0.405 e. The Bertz CT molecular complexity index is 419. The third-order valence-corrected chi connectivity index (χ3v) is 3.18. The lowest BCUT2D eigenvalue weighted by Gasteiger charge is -2.27. The number of anilines is 1. The van der Waals surface area contributed by atoms with E-state index in [4.69, 9.17) is 5.73 Å². The van der Waals surface area contributed by atoms with Gasteiger partial charge in [0.25, 0.3) is 0 Å². The molecule has 0 aromatic heterocycles. The molecule has 0 aliphatic rings. The summed E-state index contributed by atoms with van der Waals surface area (Å²) in [6.07, 6.45) is -3.67. The first-order valence-corrected chi connectivity index (χ1v) is 6.88. The zero-order chi connectivity index (χ0) is 14.6. The van der Waals surface area contributed by atoms with Crippen molar-refractivity contribution in [2.24, 2.45) is 5.73 Å². The highest BCUT2D eigenvalue weighted by Gasteiger charge is 2.31. The van der Waals surface area contributed by atoms with E-state index in [1.165, 1.54) is 4.90 Å². The van der Waals surface area contributed by atoms with Crippen molar-refractivity contribution in [2.75, 3.05) is 18.0 Å². The number of rotatable bonds is 5. The topological polar surface area (TPSA) is 29.3 Å². The molecule has 1 unspecified atom stereocenters. The number of hydrogen-bond donors (Lipinski definition) is 1. The summed E-state index contributed by atoms with van der Waals surface area (Å²) in [6.45, 7) is 2.89. The van der Waals surface area contributed by atoms with Crippen LogP contribution in [0, 0.1) is 0 Å². The van der Waals surface area contributed by atoms with Gasteiger partial charge in [-0.1, -0.05) is 22.0 Å². The van der Waals surface area contributed by atoms with Crippen LogP contribution in [0.3, 0.4) is 0 Å². The van der Waals surface area contributed by atoms with Crippen LogP contribution in [-0.4, -0.2) is 25.3 Å². The van der Waals surface area contributed by atoms with Crippen molar-refractivity contribution in [3.8, 4) is 0 Å². The molecule has 0 amide bonds. The predicted octanol–water partition coefficient (Wildman–Crippen LogP) is 3.73. The Labute approximate surface area is 119 Å². The van der Waals surface area contributed by atoms with E-state index < -0.39 is 12.7 Å². The SMILES string of the molecule is CCN(CC(F)(F)F)c1cc(Br)ccc1CC(C)N. The third kappa shape index (κ3) is 5.40. The monoisotopic (exact) mass is 338 g/mol. The third-order valence-electron chi connectivity index (χ3n) is 2.68. The van der Waals surface area contributed by atoms with Crippen LogP contribution in [0.2, 0.25) is 0 Å². The maximum absolute atomic E-state index is 12.6. The number of hydrogen-bond acceptors (Lipinski definition) is 2. The second-order valence-corrected chi connectivity index (χ2v) is 5.50. The lowest BCUT2D eigenvalue weighted by molar-refractivity contribution is -0.119. The maximum atomic E-state index is 12.6. The second-order valence-electron chi connectivity index (χ2n) is 4.58. The van der Waals surface area contributed by atoms with Gasteiger partial charge in [0.1, 0.15) is 6.54 Å². The van der Waals surface area contributed by atoms with E-state index in [9.17, 15) is 13.2 Å². The van der Waals surface area contributed by atoms with Gasteiger partial charge in [-0.05, 0) is 38.0 Å². The van der Waals surface area contributed by atoms with Gasteiger partial charge in [-0.15, -0.1) is 0 Å². The van der Waals surface area contributed by atoms with E-state index in [1.807, 2.05) is 19.1 Å². The summed E-state index contributed by atoms with van der Waals surface area (Å²) in [4.78, 5) is 1.32. The van der Waals surface area contributed by atoms with E-state index in [1.54, 1.807) is 13.0 Å². The van der Waals surface area contributed by atoms with Gasteiger partial charge < -0.3 is 10.6 Å². The van der Waals surface area contributed by atoms with Crippen molar-refractivity contribution in [3.63, 3.8) is 0 Å². The number of benzene rings is 1. The van der Waals surface area contributed by atoms with Crippen LogP contribution in [-0.2, 0) is 6.42 Å². The molecule has 0 saturated carbocycles. The number of halogens is 4. The first-order valence-electron chi connectivity index (χ1n) is 6.08. The van der Waals surface area contributed by atoms with Gasteiger partial charge >= 0.3 is 6.18 Å². The van der Waals surface area contributed by atoms with Crippen LogP contribution in [0.5, 0.6) is 0 Å². The molecule has 6 heteroatoms. The Kier molecular flexibility index (Phi) is 5.67. The lowest BCUT2D eigenvalue weighted by Crippen LogP contribution is -2.35. The van der Waals surface area contributed by atoms with Gasteiger partial charge in [0.05, 0.1) is 0 Å². The maximum Gasteiger partial charge on any atom is 0.405 e. The molecule has 0 bridgehead atoms. The van der Waals surface area contributed by atoms with Gasteiger partial charge in [0.15, 0.2) is 0 Å². The molecule has 2 N–H and O–H groups in total. The smallest absolute Gasteiger partial charge is 0.363 e. The predicted molar refractivity (Wildman–Crippen MR) is 75.4 cm³/mol. The minimum absolute atomic E-state index is 0.0930. The molecule has 108 valence electrons. The highest BCUT2D eigenvalue weighted by molar-refractivity contribution is 9.10. The Morgan fingerprint density at radius 2 is 2.00 bits per heavy atom. The zero-order valence-electron chi connectivity index (χ0n) is 11.0. The Morgan fingerprint density at radius 1 is 1.37 bits per heavy atom. The quantitative estimate of drug-likeness (QED) is 0.886. The number of nitrogens with zero attached hydrogens (tertiary/aromatic N) is 1. The lowest BCUT2D eigenvalue weighted by atomic mass is 10.0. The normalized spacial score (nSPS) is 13.4. The minimum atomic E-state index is -4.22. The molecule has 0 radical (unpaired) electrons. The molecule has 0 saturated heterocycles. The zero-order valence-corrected chi connectivity index (χ0v) is 12.6. The molecule has 2 nitrogen and oxygen atoms in total. The summed E-state index contributed by atoms with van der Waals surface area (Å²) in [5.74, 6) is 0. The van der Waals surface area contributed by atoms with E-state index in [0.29, 0.717) is 18.7 Å². The molecule has 0 heterocycles. The van der Waals surface area contributed by atoms with Gasteiger partial charge in [-0.25, -0.2) is 0 Å². The fraction of sp³-hybridized carbons (Fsp3) is 0.538. The van der Waals surface area contributed by atoms with Crippen LogP contribution in [0.15, 0.2) is 22.7 Å². The second kappa shape index (κ2) is 6.61. The molecule has 0 spiro atoms. The van der Waals surface area contributed by atoms with Gasteiger partial charge in [0, 0.05) is 22.7 Å². The number of nitrogens with two attached hydrogens (primary N) is 1.